The molecule has 2 nitrogen and oxygen atoms in total. The molecule has 2 aromatic rings. The van der Waals surface area contributed by atoms with Crippen LogP contribution in [0.2, 0.25) is 0 Å². The summed E-state index contributed by atoms with van der Waals surface area (Å²) in [5.74, 6) is -0.217. The van der Waals surface area contributed by atoms with Crippen LogP contribution in [0.15, 0.2) is 41.8 Å². The monoisotopic (exact) mass is 279 g/mol. The molecule has 0 aliphatic carbocycles. The molecule has 0 fully saturated rings. The van der Waals surface area contributed by atoms with Crippen LogP contribution in [0, 0.1) is 5.82 Å². The van der Waals surface area contributed by atoms with Crippen LogP contribution in [-0.4, -0.2) is 11.1 Å². The summed E-state index contributed by atoms with van der Waals surface area (Å²) in [7, 11) is 0. The highest BCUT2D eigenvalue weighted by molar-refractivity contribution is 7.10. The first-order valence-corrected chi connectivity index (χ1v) is 7.22. The Bertz CT molecular complexity index is 501. The van der Waals surface area contributed by atoms with E-state index in [1.807, 2.05) is 30.5 Å². The second-order valence-electron chi connectivity index (χ2n) is 4.68. The lowest BCUT2D eigenvalue weighted by atomic mass is 10.1. The van der Waals surface area contributed by atoms with Crippen LogP contribution in [0.1, 0.15) is 29.9 Å². The number of nitrogens with one attached hydrogen (secondary N) is 1. The summed E-state index contributed by atoms with van der Waals surface area (Å²) in [5, 5.41) is 15.3. The quantitative estimate of drug-likeness (QED) is 0.848. The maximum absolute atomic E-state index is 13.0. The highest BCUT2D eigenvalue weighted by atomic mass is 32.1. The summed E-state index contributed by atoms with van der Waals surface area (Å²) in [5.41, 5.74) is 0.914. The molecule has 2 atom stereocenters. The molecular weight excluding hydrogens is 261 g/mol. The Hall–Kier alpha value is -1.23. The first kappa shape index (κ1) is 14.2. The summed E-state index contributed by atoms with van der Waals surface area (Å²) in [4.78, 5) is 0.986. The molecule has 2 rings (SSSR count). The van der Waals surface area contributed by atoms with E-state index in [4.69, 9.17) is 0 Å². The second kappa shape index (κ2) is 6.80. The van der Waals surface area contributed by atoms with Gasteiger partial charge in [-0.25, -0.2) is 4.39 Å². The Morgan fingerprint density at radius 3 is 2.84 bits per heavy atom. The lowest BCUT2D eigenvalue weighted by Crippen LogP contribution is -2.27. The van der Waals surface area contributed by atoms with Gasteiger partial charge < -0.3 is 10.4 Å². The number of benzene rings is 1. The van der Waals surface area contributed by atoms with Crippen molar-refractivity contribution in [2.75, 3.05) is 0 Å². The molecule has 1 heterocycles. The number of thiophene rings is 1. The fraction of sp³-hybridized carbons (Fsp3) is 0.333. The van der Waals surface area contributed by atoms with Crippen molar-refractivity contribution >= 4 is 11.3 Å². The van der Waals surface area contributed by atoms with Gasteiger partial charge in [-0.05, 0) is 42.5 Å². The van der Waals surface area contributed by atoms with Crippen LogP contribution in [0.3, 0.4) is 0 Å². The molecular formula is C15H18FNOS. The van der Waals surface area contributed by atoms with E-state index in [-0.39, 0.29) is 11.9 Å². The van der Waals surface area contributed by atoms with Crippen molar-refractivity contribution in [3.63, 3.8) is 0 Å². The van der Waals surface area contributed by atoms with E-state index in [2.05, 4.69) is 5.32 Å². The molecule has 19 heavy (non-hydrogen) atoms. The molecule has 0 saturated heterocycles. The summed E-state index contributed by atoms with van der Waals surface area (Å²) >= 11 is 1.56. The van der Waals surface area contributed by atoms with Gasteiger partial charge in [0.2, 0.25) is 0 Å². The van der Waals surface area contributed by atoms with E-state index in [1.54, 1.807) is 17.4 Å². The summed E-state index contributed by atoms with van der Waals surface area (Å²) < 4.78 is 13.0. The highest BCUT2D eigenvalue weighted by Crippen LogP contribution is 2.22. The van der Waals surface area contributed by atoms with Crippen molar-refractivity contribution in [3.8, 4) is 0 Å². The van der Waals surface area contributed by atoms with E-state index in [0.29, 0.717) is 13.0 Å². The van der Waals surface area contributed by atoms with Gasteiger partial charge in [0.15, 0.2) is 0 Å². The van der Waals surface area contributed by atoms with Gasteiger partial charge in [0.05, 0.1) is 6.10 Å². The number of hydrogen-bond donors (Lipinski definition) is 2. The Labute approximate surface area is 116 Å². The highest BCUT2D eigenvalue weighted by Gasteiger charge is 2.12. The molecule has 0 spiro atoms. The van der Waals surface area contributed by atoms with Crippen LogP contribution >= 0.6 is 11.3 Å². The van der Waals surface area contributed by atoms with Gasteiger partial charge in [-0.3, -0.25) is 0 Å². The van der Waals surface area contributed by atoms with Gasteiger partial charge in [0.25, 0.3) is 0 Å². The average molecular weight is 279 g/mol. The van der Waals surface area contributed by atoms with Crippen molar-refractivity contribution in [3.05, 3.63) is 58.0 Å². The zero-order valence-corrected chi connectivity index (χ0v) is 11.7. The van der Waals surface area contributed by atoms with E-state index < -0.39 is 6.10 Å². The first-order valence-electron chi connectivity index (χ1n) is 6.34. The number of aliphatic hydroxyl groups is 1. The lowest BCUT2D eigenvalue weighted by Gasteiger charge is -2.17. The molecule has 102 valence electrons. The van der Waals surface area contributed by atoms with Crippen molar-refractivity contribution in [1.29, 1.82) is 0 Å². The lowest BCUT2D eigenvalue weighted by molar-refractivity contribution is 0.157. The predicted octanol–water partition coefficient (Wildman–Crippen LogP) is 3.49. The Kier molecular flexibility index (Phi) is 5.07. The van der Waals surface area contributed by atoms with Crippen LogP contribution < -0.4 is 5.32 Å². The van der Waals surface area contributed by atoms with Gasteiger partial charge in [-0.15, -0.1) is 11.3 Å². The minimum absolute atomic E-state index is 0.167. The Morgan fingerprint density at radius 1 is 1.32 bits per heavy atom. The number of hydrogen-bond acceptors (Lipinski definition) is 3. The molecule has 0 saturated carbocycles. The summed E-state index contributed by atoms with van der Waals surface area (Å²) in [6.45, 7) is 2.63. The van der Waals surface area contributed by atoms with E-state index >= 15 is 0 Å². The van der Waals surface area contributed by atoms with Crippen LogP contribution in [0.25, 0.3) is 0 Å². The molecule has 1 aromatic carbocycles. The number of rotatable bonds is 6. The number of aliphatic hydroxyl groups excluding tert-OH is 1. The fourth-order valence-electron chi connectivity index (χ4n) is 1.95. The van der Waals surface area contributed by atoms with Crippen LogP contribution in [0.5, 0.6) is 0 Å². The Morgan fingerprint density at radius 2 is 2.16 bits per heavy atom. The smallest absolute Gasteiger partial charge is 0.123 e. The van der Waals surface area contributed by atoms with Crippen LogP contribution in [0.4, 0.5) is 4.39 Å². The Balaban J connectivity index is 1.80. The molecule has 4 heteroatoms. The molecule has 0 radical (unpaired) electrons. The predicted molar refractivity (Wildman–Crippen MR) is 76.6 cm³/mol. The summed E-state index contributed by atoms with van der Waals surface area (Å²) in [6.07, 6.45) is 0.213. The van der Waals surface area contributed by atoms with Crippen molar-refractivity contribution in [2.24, 2.45) is 0 Å². The zero-order valence-electron chi connectivity index (χ0n) is 10.8. The molecule has 0 bridgehead atoms. The molecule has 1 aromatic heterocycles. The third kappa shape index (κ3) is 4.42. The minimum atomic E-state index is -0.435. The number of halogens is 1. The van der Waals surface area contributed by atoms with Crippen LogP contribution in [-0.2, 0) is 6.54 Å². The standard InChI is InChI=1S/C15H18FNOS/c1-11(8-14(18)15-6-3-7-19-15)17-10-12-4-2-5-13(16)9-12/h2-7,9,11,14,17-18H,8,10H2,1H3. The largest absolute Gasteiger partial charge is 0.388 e. The van der Waals surface area contributed by atoms with Gasteiger partial charge in [-0.1, -0.05) is 18.2 Å². The molecule has 2 N–H and O–H groups in total. The van der Waals surface area contributed by atoms with E-state index in [0.717, 1.165) is 10.4 Å². The topological polar surface area (TPSA) is 32.3 Å². The van der Waals surface area contributed by atoms with Crippen molar-refractivity contribution in [2.45, 2.75) is 32.0 Å². The molecule has 0 aliphatic rings. The SMILES string of the molecule is CC(CC(O)c1cccs1)NCc1cccc(F)c1. The molecule has 2 unspecified atom stereocenters. The third-order valence-electron chi connectivity index (χ3n) is 2.99. The van der Waals surface area contributed by atoms with E-state index in [9.17, 15) is 9.50 Å². The maximum Gasteiger partial charge on any atom is 0.123 e. The minimum Gasteiger partial charge on any atom is -0.388 e. The second-order valence-corrected chi connectivity index (χ2v) is 5.66. The maximum atomic E-state index is 13.0. The molecule has 0 amide bonds. The van der Waals surface area contributed by atoms with Gasteiger partial charge in [0, 0.05) is 17.5 Å². The van der Waals surface area contributed by atoms with Gasteiger partial charge in [-0.2, -0.15) is 0 Å². The summed E-state index contributed by atoms with van der Waals surface area (Å²) in [6, 6.07) is 10.6. The van der Waals surface area contributed by atoms with Gasteiger partial charge in [0.1, 0.15) is 5.82 Å². The fourth-order valence-corrected chi connectivity index (χ4v) is 2.68. The third-order valence-corrected chi connectivity index (χ3v) is 3.97. The zero-order chi connectivity index (χ0) is 13.7. The van der Waals surface area contributed by atoms with E-state index in [1.165, 1.54) is 12.1 Å². The first-order chi connectivity index (χ1) is 9.15. The van der Waals surface area contributed by atoms with Crippen molar-refractivity contribution < 1.29 is 9.50 Å². The average Bonchev–Trinajstić information content (AvgIpc) is 2.90. The van der Waals surface area contributed by atoms with Crippen molar-refractivity contribution in [1.82, 2.24) is 5.32 Å². The normalized spacial score (nSPS) is 14.3. The van der Waals surface area contributed by atoms with Gasteiger partial charge >= 0.3 is 0 Å². The molecule has 0 aliphatic heterocycles.